The van der Waals surface area contributed by atoms with Crippen LogP contribution in [0, 0.1) is 11.8 Å². The lowest BCUT2D eigenvalue weighted by molar-refractivity contribution is -0.414. The maximum atomic E-state index is 11.5. The summed E-state index contributed by atoms with van der Waals surface area (Å²) in [5, 5.41) is 13.2. The van der Waals surface area contributed by atoms with E-state index in [1.54, 1.807) is 13.8 Å². The van der Waals surface area contributed by atoms with E-state index >= 15 is 0 Å². The topological polar surface area (TPSA) is 96.9 Å². The average Bonchev–Trinajstić information content (AvgIpc) is 2.11. The number of rotatable bonds is 5. The third-order valence-corrected chi connectivity index (χ3v) is 2.36. The van der Waals surface area contributed by atoms with Crippen molar-refractivity contribution in [2.45, 2.75) is 39.8 Å². The summed E-state index contributed by atoms with van der Waals surface area (Å²) in [6.45, 7) is 7.16. The highest BCUT2D eigenvalue weighted by atomic mass is 16.4. The number of quaternary nitrogens is 1. The molecule has 0 radical (unpaired) electrons. The zero-order chi connectivity index (χ0) is 12.2. The van der Waals surface area contributed by atoms with Gasteiger partial charge in [-0.25, -0.2) is 0 Å². The predicted molar refractivity (Wildman–Crippen MR) is 53.3 cm³/mol. The largest absolute Gasteiger partial charge is 0.548 e. The van der Waals surface area contributed by atoms with Crippen molar-refractivity contribution in [2.75, 3.05) is 0 Å². The average molecular weight is 216 g/mol. The molecule has 2 unspecified atom stereocenters. The second kappa shape index (κ2) is 5.70. The Hall–Kier alpha value is -1.10. The highest BCUT2D eigenvalue weighted by Gasteiger charge is 2.25. The fraction of sp³-hybridized carbons (Fsp3) is 0.800. The van der Waals surface area contributed by atoms with Gasteiger partial charge in [-0.1, -0.05) is 27.7 Å². The Balaban J connectivity index is 4.43. The summed E-state index contributed by atoms with van der Waals surface area (Å²) < 4.78 is 0. The summed E-state index contributed by atoms with van der Waals surface area (Å²) in [6, 6.07) is -1.38. The molecule has 5 heteroatoms. The summed E-state index contributed by atoms with van der Waals surface area (Å²) >= 11 is 0. The molecule has 0 aliphatic rings. The van der Waals surface area contributed by atoms with E-state index in [9.17, 15) is 14.7 Å². The van der Waals surface area contributed by atoms with Gasteiger partial charge < -0.3 is 21.0 Å². The van der Waals surface area contributed by atoms with Crippen LogP contribution in [0.1, 0.15) is 27.7 Å². The van der Waals surface area contributed by atoms with E-state index in [-0.39, 0.29) is 17.7 Å². The van der Waals surface area contributed by atoms with Crippen LogP contribution in [-0.2, 0) is 9.59 Å². The van der Waals surface area contributed by atoms with Gasteiger partial charge in [0.25, 0.3) is 5.91 Å². The number of nitrogens with one attached hydrogen (secondary N) is 1. The van der Waals surface area contributed by atoms with Crippen molar-refractivity contribution in [3.05, 3.63) is 0 Å². The van der Waals surface area contributed by atoms with E-state index in [0.717, 1.165) is 0 Å². The van der Waals surface area contributed by atoms with Crippen LogP contribution in [0.25, 0.3) is 0 Å². The molecule has 0 bridgehead atoms. The first-order valence-corrected chi connectivity index (χ1v) is 5.11. The molecule has 1 amide bonds. The van der Waals surface area contributed by atoms with Gasteiger partial charge in [0, 0.05) is 5.92 Å². The van der Waals surface area contributed by atoms with E-state index < -0.39 is 18.1 Å². The van der Waals surface area contributed by atoms with Crippen LogP contribution >= 0.6 is 0 Å². The molecule has 0 aliphatic carbocycles. The Kier molecular flexibility index (Phi) is 5.28. The highest BCUT2D eigenvalue weighted by molar-refractivity contribution is 5.85. The number of hydrogen-bond donors (Lipinski definition) is 2. The molecule has 5 nitrogen and oxygen atoms in total. The molecule has 4 N–H and O–H groups in total. The highest BCUT2D eigenvalue weighted by Crippen LogP contribution is 2.02. The molecule has 0 heterocycles. The lowest BCUT2D eigenvalue weighted by atomic mass is 10.0. The molecule has 0 aromatic rings. The molecule has 0 fully saturated rings. The van der Waals surface area contributed by atoms with E-state index in [1.807, 2.05) is 13.8 Å². The number of carbonyl (C=O) groups is 2. The molecule has 0 aromatic carbocycles. The Morgan fingerprint density at radius 2 is 1.60 bits per heavy atom. The first kappa shape index (κ1) is 13.9. The van der Waals surface area contributed by atoms with Crippen LogP contribution in [0.5, 0.6) is 0 Å². The lowest BCUT2D eigenvalue weighted by Gasteiger charge is -2.24. The van der Waals surface area contributed by atoms with Crippen LogP contribution < -0.4 is 16.2 Å². The van der Waals surface area contributed by atoms with Crippen molar-refractivity contribution < 1.29 is 20.4 Å². The SMILES string of the molecule is CC(C)C([NH3+])C(=O)NC(C(=O)[O-])C(C)C. The maximum Gasteiger partial charge on any atom is 0.278 e. The Morgan fingerprint density at radius 1 is 1.13 bits per heavy atom. The number of amides is 1. The molecule has 0 aliphatic heterocycles. The Morgan fingerprint density at radius 3 is 1.87 bits per heavy atom. The molecule has 15 heavy (non-hydrogen) atoms. The number of aliphatic carboxylic acids is 1. The summed E-state index contributed by atoms with van der Waals surface area (Å²) in [5.74, 6) is -1.71. The molecule has 2 atom stereocenters. The summed E-state index contributed by atoms with van der Waals surface area (Å²) in [5.41, 5.74) is 3.68. The molecule has 0 saturated carbocycles. The number of carboxylic acids is 1. The van der Waals surface area contributed by atoms with Crippen molar-refractivity contribution in [3.8, 4) is 0 Å². The number of carbonyl (C=O) groups excluding carboxylic acids is 2. The van der Waals surface area contributed by atoms with Gasteiger partial charge in [0.05, 0.1) is 12.0 Å². The Labute approximate surface area is 90.0 Å². The van der Waals surface area contributed by atoms with Crippen molar-refractivity contribution in [2.24, 2.45) is 11.8 Å². The summed E-state index contributed by atoms with van der Waals surface area (Å²) in [4.78, 5) is 22.3. The van der Waals surface area contributed by atoms with Gasteiger partial charge in [-0.3, -0.25) is 4.79 Å². The molecule has 0 aromatic heterocycles. The van der Waals surface area contributed by atoms with Gasteiger partial charge >= 0.3 is 0 Å². The van der Waals surface area contributed by atoms with Crippen LogP contribution in [0.3, 0.4) is 0 Å². The van der Waals surface area contributed by atoms with Gasteiger partial charge in [0.15, 0.2) is 6.04 Å². The smallest absolute Gasteiger partial charge is 0.278 e. The van der Waals surface area contributed by atoms with Crippen molar-refractivity contribution >= 4 is 11.9 Å². The normalized spacial score (nSPS) is 15.1. The van der Waals surface area contributed by atoms with Gasteiger partial charge in [0.1, 0.15) is 0 Å². The van der Waals surface area contributed by atoms with E-state index in [4.69, 9.17) is 0 Å². The minimum Gasteiger partial charge on any atom is -0.548 e. The quantitative estimate of drug-likeness (QED) is 0.564. The third kappa shape index (κ3) is 4.29. The number of hydrogen-bond acceptors (Lipinski definition) is 3. The monoisotopic (exact) mass is 216 g/mol. The van der Waals surface area contributed by atoms with Crippen LogP contribution in [-0.4, -0.2) is 24.0 Å². The van der Waals surface area contributed by atoms with E-state index in [0.29, 0.717) is 0 Å². The van der Waals surface area contributed by atoms with Gasteiger partial charge in [-0.2, -0.15) is 0 Å². The lowest BCUT2D eigenvalue weighted by Crippen LogP contribution is -2.71. The van der Waals surface area contributed by atoms with Gasteiger partial charge in [-0.15, -0.1) is 0 Å². The standard InChI is InChI=1S/C10H20N2O3/c1-5(2)7(11)9(13)12-8(6(3)4)10(14)15/h5-8H,11H2,1-4H3,(H,12,13)(H,14,15). The minimum atomic E-state index is -1.26. The maximum absolute atomic E-state index is 11.5. The second-order valence-electron chi connectivity index (χ2n) is 4.40. The molecule has 88 valence electrons. The van der Waals surface area contributed by atoms with Crippen LogP contribution in [0.2, 0.25) is 0 Å². The van der Waals surface area contributed by atoms with Crippen molar-refractivity contribution in [1.29, 1.82) is 0 Å². The van der Waals surface area contributed by atoms with Crippen LogP contribution in [0.15, 0.2) is 0 Å². The molecule has 0 rings (SSSR count). The van der Waals surface area contributed by atoms with E-state index in [2.05, 4.69) is 11.1 Å². The van der Waals surface area contributed by atoms with Crippen molar-refractivity contribution in [1.82, 2.24) is 5.32 Å². The molecular formula is C10H20N2O3. The fourth-order valence-electron chi connectivity index (χ4n) is 1.06. The molecular weight excluding hydrogens is 196 g/mol. The van der Waals surface area contributed by atoms with Gasteiger partial charge in [0.2, 0.25) is 0 Å². The predicted octanol–water partition coefficient (Wildman–Crippen LogP) is -1.86. The molecule has 0 saturated heterocycles. The van der Waals surface area contributed by atoms with E-state index in [1.165, 1.54) is 0 Å². The second-order valence-corrected chi connectivity index (χ2v) is 4.40. The molecule has 0 spiro atoms. The summed E-state index contributed by atoms with van der Waals surface area (Å²) in [7, 11) is 0. The van der Waals surface area contributed by atoms with Gasteiger partial charge in [-0.05, 0) is 5.92 Å². The zero-order valence-electron chi connectivity index (χ0n) is 9.74. The van der Waals surface area contributed by atoms with Crippen LogP contribution in [0.4, 0.5) is 0 Å². The fourth-order valence-corrected chi connectivity index (χ4v) is 1.06. The first-order chi connectivity index (χ1) is 6.77. The minimum absolute atomic E-state index is 0.0829. The number of carboxylic acid groups (broad SMARTS) is 1. The first-order valence-electron chi connectivity index (χ1n) is 5.11. The Bertz CT molecular complexity index is 239. The zero-order valence-corrected chi connectivity index (χ0v) is 9.74. The third-order valence-electron chi connectivity index (χ3n) is 2.36. The van der Waals surface area contributed by atoms with Crippen molar-refractivity contribution in [3.63, 3.8) is 0 Å². The summed E-state index contributed by atoms with van der Waals surface area (Å²) in [6.07, 6.45) is 0.